The Bertz CT molecular complexity index is 429. The minimum Gasteiger partial charge on any atom is -0.496 e. The Balaban J connectivity index is 1.85. The summed E-state index contributed by atoms with van der Waals surface area (Å²) >= 11 is 0. The van der Waals surface area contributed by atoms with E-state index in [0.29, 0.717) is 6.04 Å². The predicted molar refractivity (Wildman–Crippen MR) is 84.2 cm³/mol. The first-order valence-electron chi connectivity index (χ1n) is 7.65. The van der Waals surface area contributed by atoms with Gasteiger partial charge in [0, 0.05) is 11.6 Å². The maximum atomic E-state index is 6.30. The van der Waals surface area contributed by atoms with Gasteiger partial charge in [-0.15, -0.1) is 0 Å². The van der Waals surface area contributed by atoms with E-state index in [2.05, 4.69) is 31.0 Å². The van der Waals surface area contributed by atoms with Crippen LogP contribution in [0.2, 0.25) is 0 Å². The molecule has 0 amide bonds. The first kappa shape index (κ1) is 15.3. The van der Waals surface area contributed by atoms with Gasteiger partial charge in [-0.3, -0.25) is 0 Å². The van der Waals surface area contributed by atoms with Crippen LogP contribution in [-0.2, 0) is 6.42 Å². The Labute approximate surface area is 123 Å². The number of methoxy groups -OCH3 is 1. The molecule has 1 aromatic rings. The Hall–Kier alpha value is -1.06. The summed E-state index contributed by atoms with van der Waals surface area (Å²) in [4.78, 5) is 2.42. The van der Waals surface area contributed by atoms with Crippen molar-refractivity contribution in [2.45, 2.75) is 50.6 Å². The van der Waals surface area contributed by atoms with Gasteiger partial charge in [0.25, 0.3) is 0 Å². The van der Waals surface area contributed by atoms with Crippen molar-refractivity contribution in [1.82, 2.24) is 4.90 Å². The summed E-state index contributed by atoms with van der Waals surface area (Å²) in [6.45, 7) is 3.35. The molecule has 0 aliphatic heterocycles. The van der Waals surface area contributed by atoms with E-state index in [0.717, 1.165) is 25.1 Å². The minimum atomic E-state index is 0.123. The lowest BCUT2D eigenvalue weighted by Gasteiger charge is -2.40. The molecule has 20 heavy (non-hydrogen) atoms. The van der Waals surface area contributed by atoms with E-state index in [-0.39, 0.29) is 5.54 Å². The molecule has 3 nitrogen and oxygen atoms in total. The number of ether oxygens (including phenoxy) is 1. The number of nitrogens with zero attached hydrogens (tertiary/aromatic N) is 1. The molecule has 0 radical (unpaired) electrons. The molecular formula is C17H28N2O. The topological polar surface area (TPSA) is 38.5 Å². The average Bonchev–Trinajstić information content (AvgIpc) is 2.43. The van der Waals surface area contributed by atoms with Gasteiger partial charge in [0.1, 0.15) is 5.75 Å². The Morgan fingerprint density at radius 1 is 1.35 bits per heavy atom. The summed E-state index contributed by atoms with van der Waals surface area (Å²) < 4.78 is 5.43. The van der Waals surface area contributed by atoms with Crippen LogP contribution in [0.3, 0.4) is 0 Å². The van der Waals surface area contributed by atoms with Crippen LogP contribution in [0, 0.1) is 0 Å². The van der Waals surface area contributed by atoms with Gasteiger partial charge in [0.05, 0.1) is 7.11 Å². The van der Waals surface area contributed by atoms with Crippen LogP contribution in [0.4, 0.5) is 0 Å². The fourth-order valence-corrected chi connectivity index (χ4v) is 2.85. The lowest BCUT2D eigenvalue weighted by Crippen LogP contribution is -2.49. The summed E-state index contributed by atoms with van der Waals surface area (Å²) in [5, 5.41) is 0. The van der Waals surface area contributed by atoms with Crippen LogP contribution < -0.4 is 10.5 Å². The van der Waals surface area contributed by atoms with Gasteiger partial charge in [-0.25, -0.2) is 0 Å². The third-order valence-electron chi connectivity index (χ3n) is 4.77. The molecule has 0 bridgehead atoms. The Morgan fingerprint density at radius 3 is 2.65 bits per heavy atom. The summed E-state index contributed by atoms with van der Waals surface area (Å²) in [5.74, 6) is 0.988. The molecule has 0 saturated heterocycles. The first-order chi connectivity index (χ1) is 9.54. The molecule has 0 heterocycles. The van der Waals surface area contributed by atoms with Gasteiger partial charge in [-0.1, -0.05) is 18.2 Å². The average molecular weight is 276 g/mol. The van der Waals surface area contributed by atoms with Crippen molar-refractivity contribution in [3.05, 3.63) is 29.8 Å². The standard InChI is InChI=1S/C17H28N2O/c1-14(13-15-7-4-5-8-16(15)20-3)19(2)12-11-17(18)9-6-10-17/h4-5,7-8,14H,6,9-13,18H2,1-3H3. The maximum absolute atomic E-state index is 6.30. The van der Waals surface area contributed by atoms with Crippen molar-refractivity contribution in [2.75, 3.05) is 20.7 Å². The second-order valence-corrected chi connectivity index (χ2v) is 6.31. The third kappa shape index (κ3) is 3.74. The molecule has 3 heteroatoms. The van der Waals surface area contributed by atoms with Crippen LogP contribution in [0.25, 0.3) is 0 Å². The lowest BCUT2D eigenvalue weighted by molar-refractivity contribution is 0.175. The van der Waals surface area contributed by atoms with Gasteiger partial charge < -0.3 is 15.4 Å². The van der Waals surface area contributed by atoms with E-state index in [4.69, 9.17) is 10.5 Å². The van der Waals surface area contributed by atoms with Crippen LogP contribution in [0.15, 0.2) is 24.3 Å². The van der Waals surface area contributed by atoms with Crippen molar-refractivity contribution in [1.29, 1.82) is 0 Å². The number of rotatable bonds is 7. The van der Waals surface area contributed by atoms with Crippen molar-refractivity contribution in [2.24, 2.45) is 5.73 Å². The quantitative estimate of drug-likeness (QED) is 0.832. The normalized spacial score (nSPS) is 18.6. The molecule has 1 atom stereocenters. The molecule has 1 fully saturated rings. The number of hydrogen-bond acceptors (Lipinski definition) is 3. The highest BCUT2D eigenvalue weighted by molar-refractivity contribution is 5.33. The van der Waals surface area contributed by atoms with E-state index in [1.165, 1.54) is 24.8 Å². The summed E-state index contributed by atoms with van der Waals surface area (Å²) in [6, 6.07) is 8.78. The predicted octanol–water partition coefficient (Wildman–Crippen LogP) is 2.83. The fraction of sp³-hybridized carbons (Fsp3) is 0.647. The minimum absolute atomic E-state index is 0.123. The summed E-state index contributed by atoms with van der Waals surface area (Å²) in [5.41, 5.74) is 7.70. The lowest BCUT2D eigenvalue weighted by atomic mass is 9.75. The highest BCUT2D eigenvalue weighted by Gasteiger charge is 2.32. The van der Waals surface area contributed by atoms with Gasteiger partial charge in [0.15, 0.2) is 0 Å². The molecule has 1 unspecified atom stereocenters. The highest BCUT2D eigenvalue weighted by atomic mass is 16.5. The zero-order valence-electron chi connectivity index (χ0n) is 13.1. The van der Waals surface area contributed by atoms with Crippen LogP contribution in [-0.4, -0.2) is 37.2 Å². The van der Waals surface area contributed by atoms with E-state index in [9.17, 15) is 0 Å². The van der Waals surface area contributed by atoms with Crippen LogP contribution in [0.5, 0.6) is 5.75 Å². The number of para-hydroxylation sites is 1. The molecule has 1 saturated carbocycles. The second-order valence-electron chi connectivity index (χ2n) is 6.31. The molecule has 2 rings (SSSR count). The third-order valence-corrected chi connectivity index (χ3v) is 4.77. The number of hydrogen-bond donors (Lipinski definition) is 1. The summed E-state index contributed by atoms with van der Waals surface area (Å²) in [6.07, 6.45) is 5.82. The maximum Gasteiger partial charge on any atom is 0.122 e. The van der Waals surface area contributed by atoms with E-state index in [1.54, 1.807) is 7.11 Å². The number of nitrogens with two attached hydrogens (primary N) is 1. The monoisotopic (exact) mass is 276 g/mol. The van der Waals surface area contributed by atoms with Crippen molar-refractivity contribution in [3.63, 3.8) is 0 Å². The molecule has 0 aromatic heterocycles. The van der Waals surface area contributed by atoms with Crippen LogP contribution in [0.1, 0.15) is 38.2 Å². The number of benzene rings is 1. The first-order valence-corrected chi connectivity index (χ1v) is 7.65. The zero-order chi connectivity index (χ0) is 14.6. The molecule has 1 aliphatic rings. The molecule has 112 valence electrons. The smallest absolute Gasteiger partial charge is 0.122 e. The van der Waals surface area contributed by atoms with Crippen molar-refractivity contribution < 1.29 is 4.74 Å². The molecule has 2 N–H and O–H groups in total. The van der Waals surface area contributed by atoms with Gasteiger partial charge in [0.2, 0.25) is 0 Å². The Morgan fingerprint density at radius 2 is 2.05 bits per heavy atom. The SMILES string of the molecule is COc1ccccc1CC(C)N(C)CCC1(N)CCC1. The fourth-order valence-electron chi connectivity index (χ4n) is 2.85. The van der Waals surface area contributed by atoms with Crippen molar-refractivity contribution >= 4 is 0 Å². The molecule has 1 aliphatic carbocycles. The summed E-state index contributed by atoms with van der Waals surface area (Å²) in [7, 11) is 3.93. The molecular weight excluding hydrogens is 248 g/mol. The van der Waals surface area contributed by atoms with Gasteiger partial charge in [-0.2, -0.15) is 0 Å². The largest absolute Gasteiger partial charge is 0.496 e. The van der Waals surface area contributed by atoms with E-state index < -0.39 is 0 Å². The Kier molecular flexibility index (Phi) is 5.06. The van der Waals surface area contributed by atoms with E-state index >= 15 is 0 Å². The zero-order valence-corrected chi connectivity index (χ0v) is 13.1. The second kappa shape index (κ2) is 6.59. The molecule has 1 aromatic carbocycles. The van der Waals surface area contributed by atoms with E-state index in [1.807, 2.05) is 12.1 Å². The van der Waals surface area contributed by atoms with Gasteiger partial charge >= 0.3 is 0 Å². The van der Waals surface area contributed by atoms with Gasteiger partial charge in [-0.05, 0) is 64.3 Å². The van der Waals surface area contributed by atoms with Crippen molar-refractivity contribution in [3.8, 4) is 5.75 Å². The molecule has 0 spiro atoms. The van der Waals surface area contributed by atoms with Crippen LogP contribution >= 0.6 is 0 Å². The number of likely N-dealkylation sites (N-methyl/N-ethyl adjacent to an activating group) is 1. The highest BCUT2D eigenvalue weighted by Crippen LogP contribution is 2.32.